The Labute approximate surface area is 135 Å². The van der Waals surface area contributed by atoms with E-state index in [-0.39, 0.29) is 5.92 Å². The number of aromatic amines is 1. The number of hydrogen-bond acceptors (Lipinski definition) is 5. The fourth-order valence-electron chi connectivity index (χ4n) is 2.81. The standard InChI is InChI=1S/C14H20N6O2S/c1-19(2)23(21,22)20-8-4-11(10-20)9-13-14(16-7-6-15-13)12-3-5-17-18-12/h3,5-7,11H,4,8-10H2,1-2H3,(H,17,18). The van der Waals surface area contributed by atoms with Crippen molar-refractivity contribution in [3.05, 3.63) is 30.4 Å². The van der Waals surface area contributed by atoms with Crippen molar-refractivity contribution in [1.82, 2.24) is 28.8 Å². The van der Waals surface area contributed by atoms with Crippen molar-refractivity contribution in [2.24, 2.45) is 5.92 Å². The predicted molar refractivity (Wildman–Crippen MR) is 85.6 cm³/mol. The highest BCUT2D eigenvalue weighted by Gasteiger charge is 2.33. The monoisotopic (exact) mass is 336 g/mol. The molecule has 1 aliphatic rings. The van der Waals surface area contributed by atoms with Crippen LogP contribution in [-0.4, -0.2) is 64.4 Å². The van der Waals surface area contributed by atoms with E-state index >= 15 is 0 Å². The highest BCUT2D eigenvalue weighted by atomic mass is 32.2. The predicted octanol–water partition coefficient (Wildman–Crippen LogP) is 0.537. The molecule has 1 aliphatic heterocycles. The van der Waals surface area contributed by atoms with Gasteiger partial charge in [-0.25, -0.2) is 0 Å². The summed E-state index contributed by atoms with van der Waals surface area (Å²) in [5.41, 5.74) is 2.47. The van der Waals surface area contributed by atoms with E-state index in [1.54, 1.807) is 32.7 Å². The number of nitrogens with zero attached hydrogens (tertiary/aromatic N) is 5. The van der Waals surface area contributed by atoms with Crippen molar-refractivity contribution < 1.29 is 8.42 Å². The van der Waals surface area contributed by atoms with Crippen LogP contribution in [0.4, 0.5) is 0 Å². The average Bonchev–Trinajstić information content (AvgIpc) is 3.19. The van der Waals surface area contributed by atoms with Crippen LogP contribution in [0.1, 0.15) is 12.1 Å². The van der Waals surface area contributed by atoms with Gasteiger partial charge < -0.3 is 0 Å². The van der Waals surface area contributed by atoms with Crippen molar-refractivity contribution in [2.45, 2.75) is 12.8 Å². The summed E-state index contributed by atoms with van der Waals surface area (Å²) < 4.78 is 27.2. The average molecular weight is 336 g/mol. The SMILES string of the molecule is CN(C)S(=O)(=O)N1CCC(Cc2nccnc2-c2ccn[nH]2)C1. The second-order valence-corrected chi connectivity index (χ2v) is 7.97. The number of aromatic nitrogens is 4. The summed E-state index contributed by atoms with van der Waals surface area (Å²) in [6.45, 7) is 1.06. The Morgan fingerprint density at radius 1 is 1.30 bits per heavy atom. The third-order valence-electron chi connectivity index (χ3n) is 4.05. The quantitative estimate of drug-likeness (QED) is 0.860. The Balaban J connectivity index is 1.75. The molecule has 8 nitrogen and oxygen atoms in total. The lowest BCUT2D eigenvalue weighted by Gasteiger charge is -2.20. The molecule has 2 aromatic heterocycles. The Morgan fingerprint density at radius 3 is 2.78 bits per heavy atom. The molecule has 3 heterocycles. The Bertz CT molecular complexity index is 759. The van der Waals surface area contributed by atoms with Gasteiger partial charge in [0, 0.05) is 45.8 Å². The molecule has 1 N–H and O–H groups in total. The first-order chi connectivity index (χ1) is 11.0. The minimum Gasteiger partial charge on any atom is -0.276 e. The van der Waals surface area contributed by atoms with Crippen LogP contribution in [0, 0.1) is 5.92 Å². The van der Waals surface area contributed by atoms with Gasteiger partial charge in [0.1, 0.15) is 5.69 Å². The number of rotatable bonds is 5. The lowest BCUT2D eigenvalue weighted by Crippen LogP contribution is -2.38. The van der Waals surface area contributed by atoms with E-state index in [2.05, 4.69) is 20.2 Å². The normalized spacial score (nSPS) is 19.5. The molecule has 1 atom stereocenters. The van der Waals surface area contributed by atoms with Crippen molar-refractivity contribution in [3.8, 4) is 11.4 Å². The van der Waals surface area contributed by atoms with Crippen molar-refractivity contribution in [1.29, 1.82) is 0 Å². The Morgan fingerprint density at radius 2 is 2.09 bits per heavy atom. The first-order valence-corrected chi connectivity index (χ1v) is 8.85. The number of hydrogen-bond donors (Lipinski definition) is 1. The first kappa shape index (κ1) is 16.0. The fourth-order valence-corrected chi connectivity index (χ4v) is 4.00. The zero-order valence-electron chi connectivity index (χ0n) is 13.2. The largest absolute Gasteiger partial charge is 0.281 e. The molecule has 9 heteroatoms. The van der Waals surface area contributed by atoms with Gasteiger partial charge in [-0.05, 0) is 24.8 Å². The molecule has 1 saturated heterocycles. The summed E-state index contributed by atoms with van der Waals surface area (Å²) in [6, 6.07) is 1.85. The van der Waals surface area contributed by atoms with Crippen LogP contribution in [-0.2, 0) is 16.6 Å². The molecular formula is C14H20N6O2S. The van der Waals surface area contributed by atoms with E-state index in [1.165, 1.54) is 8.61 Å². The van der Waals surface area contributed by atoms with Crippen LogP contribution in [0.5, 0.6) is 0 Å². The minimum atomic E-state index is -3.34. The number of H-pyrrole nitrogens is 1. The summed E-state index contributed by atoms with van der Waals surface area (Å²) in [7, 11) is -0.226. The van der Waals surface area contributed by atoms with Crippen LogP contribution < -0.4 is 0 Å². The summed E-state index contributed by atoms with van der Waals surface area (Å²) in [6.07, 6.45) is 6.51. The lowest BCUT2D eigenvalue weighted by molar-refractivity contribution is 0.409. The van der Waals surface area contributed by atoms with Crippen molar-refractivity contribution in [2.75, 3.05) is 27.2 Å². The maximum absolute atomic E-state index is 12.2. The molecule has 0 aromatic carbocycles. The van der Waals surface area contributed by atoms with Crippen LogP contribution in [0.2, 0.25) is 0 Å². The van der Waals surface area contributed by atoms with E-state index in [0.29, 0.717) is 19.5 Å². The molecule has 2 aromatic rings. The maximum atomic E-state index is 12.2. The summed E-state index contributed by atoms with van der Waals surface area (Å²) in [5, 5.41) is 6.85. The van der Waals surface area contributed by atoms with Crippen molar-refractivity contribution in [3.63, 3.8) is 0 Å². The van der Waals surface area contributed by atoms with Gasteiger partial charge in [-0.1, -0.05) is 0 Å². The molecular weight excluding hydrogens is 316 g/mol. The molecule has 0 amide bonds. The van der Waals surface area contributed by atoms with Gasteiger partial charge >= 0.3 is 0 Å². The van der Waals surface area contributed by atoms with Crippen LogP contribution in [0.25, 0.3) is 11.4 Å². The van der Waals surface area contributed by atoms with E-state index < -0.39 is 10.2 Å². The summed E-state index contributed by atoms with van der Waals surface area (Å²) in [4.78, 5) is 8.82. The van der Waals surface area contributed by atoms with Crippen LogP contribution in [0.15, 0.2) is 24.7 Å². The topological polar surface area (TPSA) is 95.1 Å². The van der Waals surface area contributed by atoms with E-state index in [9.17, 15) is 8.42 Å². The zero-order chi connectivity index (χ0) is 16.4. The van der Waals surface area contributed by atoms with Gasteiger partial charge in [0.2, 0.25) is 0 Å². The zero-order valence-corrected chi connectivity index (χ0v) is 14.0. The second-order valence-electron chi connectivity index (χ2n) is 5.83. The molecule has 0 bridgehead atoms. The van der Waals surface area contributed by atoms with Gasteiger partial charge in [-0.15, -0.1) is 0 Å². The van der Waals surface area contributed by atoms with Gasteiger partial charge in [0.25, 0.3) is 10.2 Å². The van der Waals surface area contributed by atoms with Gasteiger partial charge in [-0.2, -0.15) is 22.1 Å². The third-order valence-corrected chi connectivity index (χ3v) is 5.96. The van der Waals surface area contributed by atoms with Gasteiger partial charge in [0.05, 0.1) is 11.4 Å². The molecule has 0 spiro atoms. The molecule has 1 unspecified atom stereocenters. The van der Waals surface area contributed by atoms with Crippen molar-refractivity contribution >= 4 is 10.2 Å². The maximum Gasteiger partial charge on any atom is 0.281 e. The lowest BCUT2D eigenvalue weighted by atomic mass is 10.0. The smallest absolute Gasteiger partial charge is 0.276 e. The summed E-state index contributed by atoms with van der Waals surface area (Å²) >= 11 is 0. The summed E-state index contributed by atoms with van der Waals surface area (Å²) in [5.74, 6) is 0.239. The molecule has 0 aliphatic carbocycles. The third kappa shape index (κ3) is 3.26. The van der Waals surface area contributed by atoms with E-state index in [0.717, 1.165) is 23.5 Å². The molecule has 124 valence electrons. The Hall–Kier alpha value is -1.84. The van der Waals surface area contributed by atoms with Crippen LogP contribution in [0.3, 0.4) is 0 Å². The highest BCUT2D eigenvalue weighted by Crippen LogP contribution is 2.26. The van der Waals surface area contributed by atoms with E-state index in [4.69, 9.17) is 0 Å². The Kier molecular flexibility index (Phi) is 4.42. The molecule has 3 rings (SSSR count). The van der Waals surface area contributed by atoms with E-state index in [1.807, 2.05) is 6.07 Å². The van der Waals surface area contributed by atoms with Gasteiger partial charge in [-0.3, -0.25) is 15.1 Å². The molecule has 0 radical (unpaired) electrons. The highest BCUT2D eigenvalue weighted by molar-refractivity contribution is 7.86. The second kappa shape index (κ2) is 6.34. The van der Waals surface area contributed by atoms with Crippen LogP contribution >= 0.6 is 0 Å². The molecule has 1 fully saturated rings. The first-order valence-electron chi connectivity index (χ1n) is 7.45. The molecule has 23 heavy (non-hydrogen) atoms. The molecule has 0 saturated carbocycles. The van der Waals surface area contributed by atoms with Gasteiger partial charge in [0.15, 0.2) is 0 Å². The fraction of sp³-hybridized carbons (Fsp3) is 0.500. The minimum absolute atomic E-state index is 0.239. The number of nitrogens with one attached hydrogen (secondary N) is 1.